The summed E-state index contributed by atoms with van der Waals surface area (Å²) in [6.45, 7) is 2.05. The second kappa shape index (κ2) is 8.28. The van der Waals surface area contributed by atoms with Gasteiger partial charge in [0, 0.05) is 30.6 Å². The van der Waals surface area contributed by atoms with Crippen LogP contribution in [0.1, 0.15) is 22.4 Å². The lowest BCUT2D eigenvalue weighted by atomic mass is 9.80. The number of hydrogen-bond donors (Lipinski definition) is 1. The lowest BCUT2D eigenvalue weighted by Crippen LogP contribution is -2.41. The van der Waals surface area contributed by atoms with Crippen LogP contribution in [-0.2, 0) is 19.6 Å². The molecule has 0 amide bonds. The van der Waals surface area contributed by atoms with Crippen LogP contribution in [0, 0.1) is 6.92 Å². The lowest BCUT2D eigenvalue weighted by molar-refractivity contribution is 0.596. The van der Waals surface area contributed by atoms with Crippen LogP contribution >= 0.6 is 11.6 Å². The van der Waals surface area contributed by atoms with Crippen LogP contribution in [0.2, 0.25) is 5.02 Å². The first-order valence-electron chi connectivity index (χ1n) is 11.0. The van der Waals surface area contributed by atoms with E-state index in [1.807, 2.05) is 73.1 Å². The first-order valence-corrected chi connectivity index (χ1v) is 11.4. The van der Waals surface area contributed by atoms with Gasteiger partial charge in [-0.05, 0) is 53.4 Å². The normalized spacial score (nSPS) is 13.2. The van der Waals surface area contributed by atoms with E-state index in [1.165, 1.54) is 0 Å². The third-order valence-electron chi connectivity index (χ3n) is 6.53. The highest BCUT2D eigenvalue weighted by atomic mass is 35.5. The van der Waals surface area contributed by atoms with E-state index in [9.17, 15) is 4.79 Å². The minimum atomic E-state index is -1.01. The molecule has 6 heteroatoms. The summed E-state index contributed by atoms with van der Waals surface area (Å²) in [6.07, 6.45) is 3.53. The van der Waals surface area contributed by atoms with Crippen molar-refractivity contribution in [1.82, 2.24) is 14.1 Å². The highest BCUT2D eigenvalue weighted by molar-refractivity contribution is 6.30. The van der Waals surface area contributed by atoms with Gasteiger partial charge in [0.05, 0.1) is 23.7 Å². The number of aryl methyl sites for hydroxylation is 3. The van der Waals surface area contributed by atoms with Crippen LogP contribution in [0.4, 0.5) is 0 Å². The third kappa shape index (κ3) is 3.54. The van der Waals surface area contributed by atoms with Gasteiger partial charge in [-0.2, -0.15) is 0 Å². The van der Waals surface area contributed by atoms with Gasteiger partial charge in [-0.15, -0.1) is 0 Å². The largest absolute Gasteiger partial charge is 0.336 e. The van der Waals surface area contributed by atoms with Gasteiger partial charge in [0.25, 0.3) is 5.56 Å². The Bertz CT molecular complexity index is 1600. The van der Waals surface area contributed by atoms with Gasteiger partial charge in [-0.25, -0.2) is 4.98 Å². The Kier molecular flexibility index (Phi) is 5.39. The summed E-state index contributed by atoms with van der Waals surface area (Å²) in [5.74, 6) is 0. The maximum atomic E-state index is 12.8. The van der Waals surface area contributed by atoms with Crippen LogP contribution in [0.3, 0.4) is 0 Å². The van der Waals surface area contributed by atoms with Crippen molar-refractivity contribution < 1.29 is 0 Å². The van der Waals surface area contributed by atoms with Crippen LogP contribution in [0.5, 0.6) is 0 Å². The molecule has 3 aromatic carbocycles. The van der Waals surface area contributed by atoms with Gasteiger partial charge in [-0.1, -0.05) is 59.6 Å². The fraction of sp³-hybridized carbons (Fsp3) is 0.143. The number of imidazole rings is 1. The molecule has 0 aliphatic rings. The van der Waals surface area contributed by atoms with Gasteiger partial charge in [0.1, 0.15) is 5.54 Å². The highest BCUT2D eigenvalue weighted by Crippen LogP contribution is 2.38. The van der Waals surface area contributed by atoms with Crippen molar-refractivity contribution in [3.63, 3.8) is 0 Å². The van der Waals surface area contributed by atoms with Crippen LogP contribution in [0.15, 0.2) is 90.1 Å². The molecule has 0 aliphatic heterocycles. The number of fused-ring (bicyclic) bond motifs is 1. The minimum Gasteiger partial charge on any atom is -0.336 e. The number of hydrogen-bond acceptors (Lipinski definition) is 3. The van der Waals surface area contributed by atoms with E-state index in [4.69, 9.17) is 17.3 Å². The summed E-state index contributed by atoms with van der Waals surface area (Å²) < 4.78 is 3.59. The zero-order valence-electron chi connectivity index (χ0n) is 19.3. The van der Waals surface area contributed by atoms with E-state index >= 15 is 0 Å². The van der Waals surface area contributed by atoms with Crippen molar-refractivity contribution in [3.05, 3.63) is 123 Å². The monoisotopic (exact) mass is 468 g/mol. The molecule has 0 saturated heterocycles. The van der Waals surface area contributed by atoms with E-state index in [0.717, 1.165) is 44.4 Å². The number of pyridine rings is 1. The Morgan fingerprint density at radius 1 is 0.941 bits per heavy atom. The zero-order valence-corrected chi connectivity index (χ0v) is 20.0. The van der Waals surface area contributed by atoms with E-state index in [0.29, 0.717) is 5.02 Å². The van der Waals surface area contributed by atoms with Crippen LogP contribution in [-0.4, -0.2) is 14.1 Å². The number of nitrogens with zero attached hydrogens (tertiary/aromatic N) is 3. The summed E-state index contributed by atoms with van der Waals surface area (Å²) in [5, 5.41) is 1.56. The number of halogens is 1. The smallest absolute Gasteiger partial charge is 0.251 e. The molecule has 1 unspecified atom stereocenters. The van der Waals surface area contributed by atoms with Crippen molar-refractivity contribution in [3.8, 4) is 11.1 Å². The maximum absolute atomic E-state index is 12.8. The molecule has 0 radical (unpaired) electrons. The quantitative estimate of drug-likeness (QED) is 0.396. The van der Waals surface area contributed by atoms with Gasteiger partial charge < -0.3 is 14.9 Å². The maximum Gasteiger partial charge on any atom is 0.251 e. The summed E-state index contributed by atoms with van der Waals surface area (Å²) in [5.41, 5.74) is 12.6. The van der Waals surface area contributed by atoms with Crippen molar-refractivity contribution in [2.45, 2.75) is 12.5 Å². The van der Waals surface area contributed by atoms with E-state index in [2.05, 4.69) is 17.1 Å². The topological polar surface area (TPSA) is 65.8 Å². The molecular formula is C28H25ClN4O. The molecule has 1 atom stereocenters. The molecular weight excluding hydrogens is 444 g/mol. The highest BCUT2D eigenvalue weighted by Gasteiger charge is 2.35. The molecule has 2 heterocycles. The average Bonchev–Trinajstić information content (AvgIpc) is 3.27. The lowest BCUT2D eigenvalue weighted by Gasteiger charge is -2.32. The predicted molar refractivity (Wildman–Crippen MR) is 138 cm³/mol. The first-order chi connectivity index (χ1) is 16.3. The molecule has 5 aromatic rings. The fourth-order valence-electron chi connectivity index (χ4n) is 4.69. The number of aromatic nitrogens is 3. The van der Waals surface area contributed by atoms with Crippen molar-refractivity contribution in [2.24, 2.45) is 19.8 Å². The summed E-state index contributed by atoms with van der Waals surface area (Å²) in [7, 11) is 3.72. The first kappa shape index (κ1) is 22.1. The summed E-state index contributed by atoms with van der Waals surface area (Å²) in [6, 6.07) is 23.5. The molecule has 2 N–H and O–H groups in total. The second-order valence-corrected chi connectivity index (χ2v) is 9.20. The molecule has 0 spiro atoms. The van der Waals surface area contributed by atoms with Gasteiger partial charge in [0.15, 0.2) is 0 Å². The molecule has 0 fully saturated rings. The molecule has 0 bridgehead atoms. The molecule has 0 aliphatic carbocycles. The summed E-state index contributed by atoms with van der Waals surface area (Å²) in [4.78, 5) is 17.1. The Labute approximate surface area is 203 Å². The number of nitrogens with two attached hydrogens (primary N) is 1. The SMILES string of the molecule is Cc1cccc(-c2cc(=O)n(C)c3ccc(C(N)(c4cccc(Cl)c4)c4cncn4C)cc23)c1. The van der Waals surface area contributed by atoms with Crippen molar-refractivity contribution in [1.29, 1.82) is 0 Å². The van der Waals surface area contributed by atoms with Crippen molar-refractivity contribution >= 4 is 22.5 Å². The van der Waals surface area contributed by atoms with Gasteiger partial charge in [-0.3, -0.25) is 4.79 Å². The Balaban J connectivity index is 1.85. The molecule has 2 aromatic heterocycles. The standard InChI is InChI=1S/C28H25ClN4O/c1-18-6-4-7-19(12-18)23-15-27(34)33(3)25-11-10-21(14-24(23)25)28(30,26-16-31-17-32(26)2)20-8-5-9-22(29)13-20/h4-17H,30H2,1-3H3. The molecule has 5 nitrogen and oxygen atoms in total. The predicted octanol–water partition coefficient (Wildman–Crippen LogP) is 5.15. The Hall–Kier alpha value is -3.67. The molecule has 170 valence electrons. The van der Waals surface area contributed by atoms with E-state index < -0.39 is 5.54 Å². The van der Waals surface area contributed by atoms with Crippen molar-refractivity contribution in [2.75, 3.05) is 0 Å². The molecule has 0 saturated carbocycles. The molecule has 34 heavy (non-hydrogen) atoms. The van der Waals surface area contributed by atoms with Crippen LogP contribution in [0.25, 0.3) is 22.0 Å². The zero-order chi connectivity index (χ0) is 24.0. The van der Waals surface area contributed by atoms with E-state index in [-0.39, 0.29) is 5.56 Å². The Morgan fingerprint density at radius 2 is 1.71 bits per heavy atom. The van der Waals surface area contributed by atoms with Crippen LogP contribution < -0.4 is 11.3 Å². The number of benzene rings is 3. The van der Waals surface area contributed by atoms with Gasteiger partial charge >= 0.3 is 0 Å². The van der Waals surface area contributed by atoms with Gasteiger partial charge in [0.2, 0.25) is 0 Å². The third-order valence-corrected chi connectivity index (χ3v) is 6.77. The summed E-state index contributed by atoms with van der Waals surface area (Å²) >= 11 is 6.38. The minimum absolute atomic E-state index is 0.0581. The van der Waals surface area contributed by atoms with E-state index in [1.54, 1.807) is 30.2 Å². The second-order valence-electron chi connectivity index (χ2n) is 8.76. The average molecular weight is 469 g/mol. The molecule has 5 rings (SSSR count). The fourth-order valence-corrected chi connectivity index (χ4v) is 4.88. The Morgan fingerprint density at radius 3 is 2.41 bits per heavy atom. The number of rotatable bonds is 4.